The molecule has 146 valence electrons. The van der Waals surface area contributed by atoms with Gasteiger partial charge in [-0.05, 0) is 69.4 Å². The molecule has 0 saturated carbocycles. The van der Waals surface area contributed by atoms with Gasteiger partial charge < -0.3 is 4.74 Å². The Hall–Kier alpha value is -2.61. The average molecular weight is 375 g/mol. The lowest BCUT2D eigenvalue weighted by molar-refractivity contribution is 0.0878. The van der Waals surface area contributed by atoms with Crippen molar-refractivity contribution >= 4 is 5.78 Å². The SMILES string of the molecule is COc1ccc(C(=O)[C@@H]2CC=C(C)[C@@H](CC=C(C)C)[C@H]2c2ccccc2)cc1. The third kappa shape index (κ3) is 4.44. The molecule has 0 radical (unpaired) electrons. The maximum absolute atomic E-state index is 13.5. The van der Waals surface area contributed by atoms with Crippen molar-refractivity contribution in [2.75, 3.05) is 7.11 Å². The second-order valence-electron chi connectivity index (χ2n) is 7.94. The zero-order valence-electron chi connectivity index (χ0n) is 17.3. The summed E-state index contributed by atoms with van der Waals surface area (Å²) in [7, 11) is 1.64. The summed E-state index contributed by atoms with van der Waals surface area (Å²) >= 11 is 0. The Morgan fingerprint density at radius 1 is 1.07 bits per heavy atom. The average Bonchev–Trinajstić information content (AvgIpc) is 2.72. The van der Waals surface area contributed by atoms with Crippen LogP contribution in [0.5, 0.6) is 5.75 Å². The number of hydrogen-bond donors (Lipinski definition) is 0. The van der Waals surface area contributed by atoms with Crippen molar-refractivity contribution in [3.8, 4) is 5.75 Å². The van der Waals surface area contributed by atoms with E-state index >= 15 is 0 Å². The van der Waals surface area contributed by atoms with Crippen LogP contribution in [-0.2, 0) is 0 Å². The van der Waals surface area contributed by atoms with E-state index in [-0.39, 0.29) is 17.6 Å². The number of ether oxygens (including phenoxy) is 1. The van der Waals surface area contributed by atoms with Crippen molar-refractivity contribution in [2.24, 2.45) is 11.8 Å². The zero-order valence-corrected chi connectivity index (χ0v) is 17.3. The quantitative estimate of drug-likeness (QED) is 0.420. The number of carbonyl (C=O) groups is 1. The summed E-state index contributed by atoms with van der Waals surface area (Å²) in [5.74, 6) is 1.49. The normalized spacial score (nSPS) is 21.6. The lowest BCUT2D eigenvalue weighted by Gasteiger charge is -2.37. The van der Waals surface area contributed by atoms with Crippen molar-refractivity contribution in [3.05, 3.63) is 89.0 Å². The highest BCUT2D eigenvalue weighted by molar-refractivity contribution is 5.98. The molecule has 0 bridgehead atoms. The molecule has 2 aromatic rings. The van der Waals surface area contributed by atoms with Crippen LogP contribution in [0.3, 0.4) is 0 Å². The van der Waals surface area contributed by atoms with E-state index in [9.17, 15) is 4.79 Å². The van der Waals surface area contributed by atoms with Gasteiger partial charge in [-0.3, -0.25) is 4.79 Å². The number of carbonyl (C=O) groups excluding carboxylic acids is 1. The van der Waals surface area contributed by atoms with Gasteiger partial charge in [0.1, 0.15) is 5.75 Å². The first-order valence-electron chi connectivity index (χ1n) is 10.0. The van der Waals surface area contributed by atoms with E-state index in [2.05, 4.69) is 57.2 Å². The molecular weight excluding hydrogens is 344 g/mol. The largest absolute Gasteiger partial charge is 0.497 e. The van der Waals surface area contributed by atoms with Crippen LogP contribution in [0.25, 0.3) is 0 Å². The van der Waals surface area contributed by atoms with Gasteiger partial charge in [0.2, 0.25) is 0 Å². The van der Waals surface area contributed by atoms with E-state index in [0.717, 1.165) is 24.2 Å². The van der Waals surface area contributed by atoms with Gasteiger partial charge in [-0.15, -0.1) is 0 Å². The van der Waals surface area contributed by atoms with Crippen LogP contribution in [0.1, 0.15) is 55.5 Å². The number of allylic oxidation sites excluding steroid dienone is 4. The molecule has 3 rings (SSSR count). The molecule has 2 nitrogen and oxygen atoms in total. The number of methoxy groups -OCH3 is 1. The zero-order chi connectivity index (χ0) is 20.1. The van der Waals surface area contributed by atoms with Crippen LogP contribution in [0, 0.1) is 11.8 Å². The molecule has 1 aliphatic rings. The third-order valence-corrected chi connectivity index (χ3v) is 5.82. The summed E-state index contributed by atoms with van der Waals surface area (Å²) in [5, 5.41) is 0. The number of hydrogen-bond acceptors (Lipinski definition) is 2. The topological polar surface area (TPSA) is 26.3 Å². The molecule has 0 amide bonds. The Morgan fingerprint density at radius 3 is 2.36 bits per heavy atom. The summed E-state index contributed by atoms with van der Waals surface area (Å²) in [6, 6.07) is 18.1. The van der Waals surface area contributed by atoms with Crippen molar-refractivity contribution in [2.45, 2.75) is 39.5 Å². The standard InChI is InChI=1S/C26H30O2/c1-18(2)10-16-23-19(3)11-17-24(25(23)20-8-6-5-7-9-20)26(27)21-12-14-22(28-4)15-13-21/h5-15,23-25H,16-17H2,1-4H3/t23-,24-,25-/m1/s1. The Balaban J connectivity index is 1.99. The first-order chi connectivity index (χ1) is 13.5. The Morgan fingerprint density at radius 2 is 1.75 bits per heavy atom. The maximum atomic E-state index is 13.5. The molecular formula is C26H30O2. The molecule has 3 atom stereocenters. The molecule has 28 heavy (non-hydrogen) atoms. The van der Waals surface area contributed by atoms with Crippen LogP contribution in [-0.4, -0.2) is 12.9 Å². The summed E-state index contributed by atoms with van der Waals surface area (Å²) in [6.45, 7) is 6.49. The second-order valence-corrected chi connectivity index (χ2v) is 7.94. The fourth-order valence-electron chi connectivity index (χ4n) is 4.25. The van der Waals surface area contributed by atoms with Gasteiger partial charge in [0, 0.05) is 17.4 Å². The first-order valence-corrected chi connectivity index (χ1v) is 10.0. The highest BCUT2D eigenvalue weighted by atomic mass is 16.5. The van der Waals surface area contributed by atoms with E-state index in [1.54, 1.807) is 7.11 Å². The van der Waals surface area contributed by atoms with E-state index in [4.69, 9.17) is 4.74 Å². The number of rotatable bonds is 6. The van der Waals surface area contributed by atoms with Crippen LogP contribution in [0.4, 0.5) is 0 Å². The maximum Gasteiger partial charge on any atom is 0.166 e. The minimum atomic E-state index is -0.0462. The molecule has 0 N–H and O–H groups in total. The van der Waals surface area contributed by atoms with Gasteiger partial charge in [0.25, 0.3) is 0 Å². The van der Waals surface area contributed by atoms with Gasteiger partial charge in [-0.25, -0.2) is 0 Å². The minimum absolute atomic E-state index is 0.0462. The van der Waals surface area contributed by atoms with E-state index in [1.165, 1.54) is 16.7 Å². The molecule has 0 unspecified atom stereocenters. The highest BCUT2D eigenvalue weighted by Gasteiger charge is 2.38. The molecule has 0 spiro atoms. The van der Waals surface area contributed by atoms with E-state index < -0.39 is 0 Å². The Bertz CT molecular complexity index is 855. The third-order valence-electron chi connectivity index (χ3n) is 5.82. The van der Waals surface area contributed by atoms with Crippen molar-refractivity contribution in [1.82, 2.24) is 0 Å². The van der Waals surface area contributed by atoms with Crippen LogP contribution in [0.2, 0.25) is 0 Å². The summed E-state index contributed by atoms with van der Waals surface area (Å²) in [4.78, 5) is 13.5. The molecule has 2 aromatic carbocycles. The van der Waals surface area contributed by atoms with Gasteiger partial charge in [-0.1, -0.05) is 53.6 Å². The van der Waals surface area contributed by atoms with Crippen molar-refractivity contribution in [1.29, 1.82) is 0 Å². The summed E-state index contributed by atoms with van der Waals surface area (Å²) in [5.41, 5.74) is 4.74. The molecule has 0 aromatic heterocycles. The predicted molar refractivity (Wildman–Crippen MR) is 116 cm³/mol. The van der Waals surface area contributed by atoms with Crippen molar-refractivity contribution in [3.63, 3.8) is 0 Å². The van der Waals surface area contributed by atoms with Gasteiger partial charge in [-0.2, -0.15) is 0 Å². The summed E-state index contributed by atoms with van der Waals surface area (Å²) in [6.07, 6.45) is 6.34. The monoisotopic (exact) mass is 374 g/mol. The van der Waals surface area contributed by atoms with Crippen molar-refractivity contribution < 1.29 is 9.53 Å². The molecule has 0 saturated heterocycles. The molecule has 1 aliphatic carbocycles. The van der Waals surface area contributed by atoms with Crippen LogP contribution in [0.15, 0.2) is 77.9 Å². The van der Waals surface area contributed by atoms with E-state index in [0.29, 0.717) is 5.92 Å². The first kappa shape index (κ1) is 20.1. The van der Waals surface area contributed by atoms with Gasteiger partial charge in [0.05, 0.1) is 7.11 Å². The van der Waals surface area contributed by atoms with Gasteiger partial charge >= 0.3 is 0 Å². The fraction of sp³-hybridized carbons (Fsp3) is 0.346. The van der Waals surface area contributed by atoms with E-state index in [1.807, 2.05) is 30.3 Å². The highest BCUT2D eigenvalue weighted by Crippen LogP contribution is 2.45. The number of benzene rings is 2. The van der Waals surface area contributed by atoms with Crippen LogP contribution >= 0.6 is 0 Å². The fourth-order valence-corrected chi connectivity index (χ4v) is 4.25. The minimum Gasteiger partial charge on any atom is -0.497 e. The van der Waals surface area contributed by atoms with Crippen LogP contribution < -0.4 is 4.74 Å². The molecule has 0 fully saturated rings. The lowest BCUT2D eigenvalue weighted by Crippen LogP contribution is -2.31. The lowest BCUT2D eigenvalue weighted by atomic mass is 9.66. The van der Waals surface area contributed by atoms with Gasteiger partial charge in [0.15, 0.2) is 5.78 Å². The number of Topliss-reactive ketones (excluding diaryl/α,β-unsaturated/α-hetero) is 1. The Kier molecular flexibility index (Phi) is 6.51. The second kappa shape index (κ2) is 9.05. The number of ketones is 1. The molecule has 2 heteroatoms. The Labute approximate surface area is 168 Å². The molecule has 0 heterocycles. The predicted octanol–water partition coefficient (Wildman–Crippen LogP) is 6.60. The molecule has 0 aliphatic heterocycles. The summed E-state index contributed by atoms with van der Waals surface area (Å²) < 4.78 is 5.24. The smallest absolute Gasteiger partial charge is 0.166 e.